The minimum Gasteiger partial charge on any atom is -0.455 e. The SMILES string of the molecule is Nc1cc([N+](=O)[O-])ccc1Oc1ccc2c(c1)CCC2. The lowest BCUT2D eigenvalue weighted by atomic mass is 10.1. The van der Waals surface area contributed by atoms with E-state index in [9.17, 15) is 10.1 Å². The maximum absolute atomic E-state index is 10.7. The summed E-state index contributed by atoms with van der Waals surface area (Å²) in [7, 11) is 0. The predicted molar refractivity (Wildman–Crippen MR) is 76.0 cm³/mol. The van der Waals surface area contributed by atoms with E-state index in [1.807, 2.05) is 12.1 Å². The molecule has 0 bridgehead atoms. The van der Waals surface area contributed by atoms with Crippen LogP contribution in [0.2, 0.25) is 0 Å². The van der Waals surface area contributed by atoms with Crippen LogP contribution in [-0.2, 0) is 12.8 Å². The lowest BCUT2D eigenvalue weighted by molar-refractivity contribution is -0.384. The lowest BCUT2D eigenvalue weighted by Crippen LogP contribution is -1.95. The fourth-order valence-electron chi connectivity index (χ4n) is 2.48. The molecule has 0 saturated heterocycles. The van der Waals surface area contributed by atoms with Crippen LogP contribution in [0, 0.1) is 10.1 Å². The molecule has 5 heteroatoms. The molecule has 102 valence electrons. The molecule has 1 aliphatic rings. The van der Waals surface area contributed by atoms with E-state index in [4.69, 9.17) is 10.5 Å². The van der Waals surface area contributed by atoms with Crippen LogP contribution in [0.15, 0.2) is 36.4 Å². The van der Waals surface area contributed by atoms with E-state index in [-0.39, 0.29) is 11.4 Å². The van der Waals surface area contributed by atoms with Gasteiger partial charge in [0, 0.05) is 12.1 Å². The molecule has 2 aromatic rings. The third-order valence-electron chi connectivity index (χ3n) is 3.50. The summed E-state index contributed by atoms with van der Waals surface area (Å²) in [6, 6.07) is 10.2. The van der Waals surface area contributed by atoms with Crippen LogP contribution in [0.3, 0.4) is 0 Å². The Balaban J connectivity index is 1.86. The van der Waals surface area contributed by atoms with Crippen molar-refractivity contribution in [1.29, 1.82) is 0 Å². The van der Waals surface area contributed by atoms with E-state index in [0.29, 0.717) is 11.5 Å². The van der Waals surface area contributed by atoms with Crippen molar-refractivity contribution >= 4 is 11.4 Å². The van der Waals surface area contributed by atoms with E-state index in [0.717, 1.165) is 12.8 Å². The number of aryl methyl sites for hydroxylation is 2. The smallest absolute Gasteiger partial charge is 0.271 e. The fourth-order valence-corrected chi connectivity index (χ4v) is 2.48. The molecule has 1 aliphatic carbocycles. The summed E-state index contributed by atoms with van der Waals surface area (Å²) in [6.45, 7) is 0. The van der Waals surface area contributed by atoms with Crippen molar-refractivity contribution in [2.24, 2.45) is 0 Å². The van der Waals surface area contributed by atoms with Crippen LogP contribution < -0.4 is 10.5 Å². The Bertz CT molecular complexity index is 683. The lowest BCUT2D eigenvalue weighted by Gasteiger charge is -2.09. The summed E-state index contributed by atoms with van der Waals surface area (Å²) < 4.78 is 5.72. The number of nitrogens with two attached hydrogens (primary N) is 1. The van der Waals surface area contributed by atoms with Gasteiger partial charge in [-0.25, -0.2) is 0 Å². The number of hydrogen-bond acceptors (Lipinski definition) is 4. The third kappa shape index (κ3) is 2.30. The predicted octanol–water partition coefficient (Wildman–Crippen LogP) is 3.46. The Morgan fingerprint density at radius 3 is 2.65 bits per heavy atom. The normalized spacial score (nSPS) is 13.0. The molecule has 0 radical (unpaired) electrons. The molecule has 3 rings (SSSR count). The first-order chi connectivity index (χ1) is 9.63. The molecule has 2 N–H and O–H groups in total. The van der Waals surface area contributed by atoms with Crippen LogP contribution >= 0.6 is 0 Å². The Labute approximate surface area is 116 Å². The van der Waals surface area contributed by atoms with Gasteiger partial charge in [0.15, 0.2) is 5.75 Å². The van der Waals surface area contributed by atoms with Crippen LogP contribution in [0.4, 0.5) is 11.4 Å². The number of non-ortho nitro benzene ring substituents is 1. The molecule has 0 heterocycles. The van der Waals surface area contributed by atoms with Crippen molar-refractivity contribution < 1.29 is 9.66 Å². The van der Waals surface area contributed by atoms with Gasteiger partial charge in [0.1, 0.15) is 5.75 Å². The van der Waals surface area contributed by atoms with E-state index < -0.39 is 4.92 Å². The average molecular weight is 270 g/mol. The molecule has 0 unspecified atom stereocenters. The fraction of sp³-hybridized carbons (Fsp3) is 0.200. The summed E-state index contributed by atoms with van der Waals surface area (Å²) in [5.74, 6) is 1.15. The highest BCUT2D eigenvalue weighted by Crippen LogP contribution is 2.33. The molecule has 2 aromatic carbocycles. The zero-order valence-electron chi connectivity index (χ0n) is 10.8. The molecule has 0 amide bonds. The summed E-state index contributed by atoms with van der Waals surface area (Å²) >= 11 is 0. The van der Waals surface area contributed by atoms with Gasteiger partial charge in [-0.2, -0.15) is 0 Å². The largest absolute Gasteiger partial charge is 0.455 e. The second-order valence-corrected chi connectivity index (χ2v) is 4.87. The van der Waals surface area contributed by atoms with Crippen molar-refractivity contribution in [2.75, 3.05) is 5.73 Å². The van der Waals surface area contributed by atoms with E-state index >= 15 is 0 Å². The Kier molecular flexibility index (Phi) is 3.02. The Hall–Kier alpha value is -2.56. The standard InChI is InChI=1S/C15H14N2O3/c16-14-9-12(17(18)19)5-7-15(14)20-13-6-4-10-2-1-3-11(10)8-13/h4-9H,1-3,16H2. The average Bonchev–Trinajstić information content (AvgIpc) is 2.88. The summed E-state index contributed by atoms with van der Waals surface area (Å²) in [5, 5.41) is 10.7. The van der Waals surface area contributed by atoms with Crippen molar-refractivity contribution in [3.05, 3.63) is 57.6 Å². The van der Waals surface area contributed by atoms with Gasteiger partial charge >= 0.3 is 0 Å². The molecule has 0 fully saturated rings. The number of ether oxygens (including phenoxy) is 1. The number of rotatable bonds is 3. The van der Waals surface area contributed by atoms with Crippen LogP contribution in [0.1, 0.15) is 17.5 Å². The van der Waals surface area contributed by atoms with Crippen LogP contribution in [0.25, 0.3) is 0 Å². The van der Waals surface area contributed by atoms with Gasteiger partial charge in [-0.1, -0.05) is 6.07 Å². The monoisotopic (exact) mass is 270 g/mol. The molecule has 0 aromatic heterocycles. The number of nitrogens with zero attached hydrogens (tertiary/aromatic N) is 1. The summed E-state index contributed by atoms with van der Waals surface area (Å²) in [4.78, 5) is 10.2. The highest BCUT2D eigenvalue weighted by atomic mass is 16.6. The van der Waals surface area contributed by atoms with Gasteiger partial charge in [0.25, 0.3) is 5.69 Å². The highest BCUT2D eigenvalue weighted by molar-refractivity contribution is 5.59. The maximum atomic E-state index is 10.7. The second kappa shape index (κ2) is 4.85. The quantitative estimate of drug-likeness (QED) is 0.526. The number of nitro groups is 1. The first-order valence-corrected chi connectivity index (χ1v) is 6.47. The van der Waals surface area contributed by atoms with E-state index in [2.05, 4.69) is 6.07 Å². The van der Waals surface area contributed by atoms with Crippen molar-refractivity contribution in [2.45, 2.75) is 19.3 Å². The molecule has 20 heavy (non-hydrogen) atoms. The van der Waals surface area contributed by atoms with Gasteiger partial charge in [0.2, 0.25) is 0 Å². The Morgan fingerprint density at radius 2 is 1.90 bits per heavy atom. The zero-order chi connectivity index (χ0) is 14.1. The number of nitrogen functional groups attached to an aromatic ring is 1. The van der Waals surface area contributed by atoms with E-state index in [1.54, 1.807) is 0 Å². The molecule has 0 spiro atoms. The summed E-state index contributed by atoms with van der Waals surface area (Å²) in [6.07, 6.45) is 3.37. The third-order valence-corrected chi connectivity index (χ3v) is 3.50. The number of hydrogen-bond donors (Lipinski definition) is 1. The zero-order valence-corrected chi connectivity index (χ0v) is 10.8. The van der Waals surface area contributed by atoms with Crippen LogP contribution in [-0.4, -0.2) is 4.92 Å². The molecular formula is C15H14N2O3. The summed E-state index contributed by atoms with van der Waals surface area (Å²) in [5.41, 5.74) is 8.69. The number of nitro benzene ring substituents is 1. The first kappa shape index (κ1) is 12.5. The minimum atomic E-state index is -0.477. The highest BCUT2D eigenvalue weighted by Gasteiger charge is 2.13. The van der Waals surface area contributed by atoms with Gasteiger partial charge in [-0.3, -0.25) is 10.1 Å². The first-order valence-electron chi connectivity index (χ1n) is 6.47. The van der Waals surface area contributed by atoms with Crippen molar-refractivity contribution in [1.82, 2.24) is 0 Å². The molecule has 5 nitrogen and oxygen atoms in total. The number of benzene rings is 2. The van der Waals surface area contributed by atoms with Gasteiger partial charge in [-0.15, -0.1) is 0 Å². The van der Waals surface area contributed by atoms with E-state index in [1.165, 1.54) is 35.7 Å². The van der Waals surface area contributed by atoms with Gasteiger partial charge in [0.05, 0.1) is 10.6 Å². The van der Waals surface area contributed by atoms with Gasteiger partial charge in [-0.05, 0) is 48.6 Å². The van der Waals surface area contributed by atoms with Crippen molar-refractivity contribution in [3.63, 3.8) is 0 Å². The minimum absolute atomic E-state index is 0.0381. The van der Waals surface area contributed by atoms with Gasteiger partial charge < -0.3 is 10.5 Å². The molecule has 0 aliphatic heterocycles. The molecular weight excluding hydrogens is 256 g/mol. The number of fused-ring (bicyclic) bond motifs is 1. The topological polar surface area (TPSA) is 78.4 Å². The maximum Gasteiger partial charge on any atom is 0.271 e. The molecule has 0 atom stereocenters. The number of anilines is 1. The van der Waals surface area contributed by atoms with Crippen molar-refractivity contribution in [3.8, 4) is 11.5 Å². The Morgan fingerprint density at radius 1 is 1.10 bits per heavy atom. The molecule has 0 saturated carbocycles. The van der Waals surface area contributed by atoms with Crippen LogP contribution in [0.5, 0.6) is 11.5 Å². The second-order valence-electron chi connectivity index (χ2n) is 4.87.